The van der Waals surface area contributed by atoms with Gasteiger partial charge in [0.1, 0.15) is 4.21 Å². The van der Waals surface area contributed by atoms with Gasteiger partial charge in [0.25, 0.3) is 0 Å². The van der Waals surface area contributed by atoms with Crippen LogP contribution in [0.1, 0.15) is 19.4 Å². The normalized spacial score (nSPS) is 14.2. The molecule has 0 amide bonds. The van der Waals surface area contributed by atoms with Gasteiger partial charge in [-0.2, -0.15) is 0 Å². The van der Waals surface area contributed by atoms with Crippen molar-refractivity contribution >= 4 is 37.3 Å². The van der Waals surface area contributed by atoms with Crippen LogP contribution in [0.15, 0.2) is 14.1 Å². The molecular weight excluding hydrogens is 324 g/mol. The first-order valence-corrected chi connectivity index (χ1v) is 8.35. The summed E-state index contributed by atoms with van der Waals surface area (Å²) in [6.45, 7) is 6.04. The molecule has 0 saturated carbocycles. The second-order valence-corrected chi connectivity index (χ2v) is 8.54. The van der Waals surface area contributed by atoms with Gasteiger partial charge in [-0.15, -0.1) is 11.3 Å². The number of halogens is 1. The summed E-state index contributed by atoms with van der Waals surface area (Å²) in [6, 6.07) is 1.42. The third kappa shape index (κ3) is 3.75. The molecule has 0 aliphatic carbocycles. The Morgan fingerprint density at radius 3 is 2.47 bits per heavy atom. The van der Waals surface area contributed by atoms with E-state index < -0.39 is 10.0 Å². The molecule has 0 fully saturated rings. The van der Waals surface area contributed by atoms with E-state index in [1.165, 1.54) is 11.3 Å². The van der Waals surface area contributed by atoms with Crippen LogP contribution in [0, 0.1) is 12.8 Å². The molecule has 0 saturated heterocycles. The molecule has 7 heteroatoms. The van der Waals surface area contributed by atoms with Gasteiger partial charge in [0.15, 0.2) is 0 Å². The minimum atomic E-state index is -3.46. The lowest BCUT2D eigenvalue weighted by Gasteiger charge is -2.19. The highest BCUT2D eigenvalue weighted by Crippen LogP contribution is 2.30. The molecule has 98 valence electrons. The summed E-state index contributed by atoms with van der Waals surface area (Å²) in [4.78, 5) is 0. The van der Waals surface area contributed by atoms with Crippen LogP contribution in [0.5, 0.6) is 0 Å². The average molecular weight is 341 g/mol. The van der Waals surface area contributed by atoms with Gasteiger partial charge in [0.2, 0.25) is 10.0 Å². The maximum absolute atomic E-state index is 12.1. The number of thiophene rings is 1. The minimum absolute atomic E-state index is 0.166. The standard InChI is InChI=1S/C10H17BrN2O2S2/c1-6(2)8(5-12)13-17(14,15)9-4-7(3)10(11)16-9/h4,6,8,13H,5,12H2,1-3H3. The lowest BCUT2D eigenvalue weighted by Crippen LogP contribution is -2.43. The summed E-state index contributed by atoms with van der Waals surface area (Å²) in [7, 11) is -3.46. The Morgan fingerprint density at radius 2 is 2.12 bits per heavy atom. The summed E-state index contributed by atoms with van der Waals surface area (Å²) in [6.07, 6.45) is 0. The zero-order valence-electron chi connectivity index (χ0n) is 10.0. The van der Waals surface area contributed by atoms with Gasteiger partial charge < -0.3 is 5.73 Å². The third-order valence-electron chi connectivity index (χ3n) is 2.46. The van der Waals surface area contributed by atoms with Gasteiger partial charge in [-0.1, -0.05) is 13.8 Å². The van der Waals surface area contributed by atoms with Gasteiger partial charge in [-0.3, -0.25) is 0 Å². The molecule has 1 unspecified atom stereocenters. The van der Waals surface area contributed by atoms with E-state index in [0.717, 1.165) is 9.35 Å². The Morgan fingerprint density at radius 1 is 1.53 bits per heavy atom. The third-order valence-corrected chi connectivity index (χ3v) is 6.56. The van der Waals surface area contributed by atoms with Crippen molar-refractivity contribution in [3.05, 3.63) is 15.4 Å². The highest BCUT2D eigenvalue weighted by molar-refractivity contribution is 9.11. The van der Waals surface area contributed by atoms with Gasteiger partial charge in [-0.25, -0.2) is 13.1 Å². The largest absolute Gasteiger partial charge is 0.329 e. The van der Waals surface area contributed by atoms with E-state index >= 15 is 0 Å². The van der Waals surface area contributed by atoms with Gasteiger partial charge in [0.05, 0.1) is 3.79 Å². The summed E-state index contributed by atoms with van der Waals surface area (Å²) in [5.74, 6) is 0.166. The van der Waals surface area contributed by atoms with E-state index in [0.29, 0.717) is 10.8 Å². The molecule has 1 atom stereocenters. The highest BCUT2D eigenvalue weighted by Gasteiger charge is 2.23. The fourth-order valence-electron chi connectivity index (χ4n) is 1.28. The van der Waals surface area contributed by atoms with Crippen LogP contribution in [0.2, 0.25) is 0 Å². The van der Waals surface area contributed by atoms with E-state index in [1.807, 2.05) is 20.8 Å². The number of hydrogen-bond donors (Lipinski definition) is 2. The number of hydrogen-bond acceptors (Lipinski definition) is 4. The van der Waals surface area contributed by atoms with Gasteiger partial charge >= 0.3 is 0 Å². The molecule has 0 radical (unpaired) electrons. The Labute approximate surface area is 115 Å². The Balaban J connectivity index is 2.96. The molecule has 0 aromatic carbocycles. The predicted molar refractivity (Wildman–Crippen MR) is 74.8 cm³/mol. The molecule has 4 nitrogen and oxygen atoms in total. The SMILES string of the molecule is Cc1cc(S(=O)(=O)NC(CN)C(C)C)sc1Br. The van der Waals surface area contributed by atoms with E-state index in [1.54, 1.807) is 6.07 Å². The second-order valence-electron chi connectivity index (χ2n) is 4.23. The molecule has 1 heterocycles. The van der Waals surface area contributed by atoms with Crippen LogP contribution in [-0.2, 0) is 10.0 Å². The first-order valence-electron chi connectivity index (χ1n) is 5.26. The number of sulfonamides is 1. The topological polar surface area (TPSA) is 72.2 Å². The van der Waals surface area contributed by atoms with Crippen LogP contribution >= 0.6 is 27.3 Å². The number of rotatable bonds is 5. The molecule has 0 spiro atoms. The van der Waals surface area contributed by atoms with Crippen molar-refractivity contribution in [3.8, 4) is 0 Å². The lowest BCUT2D eigenvalue weighted by atomic mass is 10.1. The quantitative estimate of drug-likeness (QED) is 0.861. The average Bonchev–Trinajstić information content (AvgIpc) is 2.56. The fraction of sp³-hybridized carbons (Fsp3) is 0.600. The molecule has 0 aliphatic heterocycles. The smallest absolute Gasteiger partial charge is 0.250 e. The molecule has 3 N–H and O–H groups in total. The molecule has 1 rings (SSSR count). The Hall–Kier alpha value is 0.0500. The van der Waals surface area contributed by atoms with Crippen molar-refractivity contribution in [1.82, 2.24) is 4.72 Å². The number of nitrogens with one attached hydrogen (secondary N) is 1. The molecule has 1 aromatic rings. The lowest BCUT2D eigenvalue weighted by molar-refractivity contribution is 0.455. The number of aryl methyl sites for hydroxylation is 1. The molecule has 0 bridgehead atoms. The van der Waals surface area contributed by atoms with Crippen molar-refractivity contribution in [3.63, 3.8) is 0 Å². The van der Waals surface area contributed by atoms with Crippen molar-refractivity contribution in [2.75, 3.05) is 6.54 Å². The van der Waals surface area contributed by atoms with Crippen molar-refractivity contribution in [1.29, 1.82) is 0 Å². The molecule has 1 aromatic heterocycles. The number of nitrogens with two attached hydrogens (primary N) is 1. The Bertz CT molecular complexity index is 463. The van der Waals surface area contributed by atoms with Gasteiger partial charge in [0, 0.05) is 12.6 Å². The van der Waals surface area contributed by atoms with Crippen LogP contribution in [-0.4, -0.2) is 21.0 Å². The van der Waals surface area contributed by atoms with E-state index in [4.69, 9.17) is 5.73 Å². The van der Waals surface area contributed by atoms with Crippen LogP contribution in [0.25, 0.3) is 0 Å². The summed E-state index contributed by atoms with van der Waals surface area (Å²) < 4.78 is 28.0. The Kier molecular flexibility index (Phi) is 5.15. The fourth-order valence-corrected chi connectivity index (χ4v) is 4.92. The van der Waals surface area contributed by atoms with Gasteiger partial charge in [-0.05, 0) is 40.4 Å². The van der Waals surface area contributed by atoms with E-state index in [-0.39, 0.29) is 12.0 Å². The van der Waals surface area contributed by atoms with E-state index in [2.05, 4.69) is 20.7 Å². The zero-order chi connectivity index (χ0) is 13.2. The monoisotopic (exact) mass is 340 g/mol. The van der Waals surface area contributed by atoms with Crippen LogP contribution in [0.3, 0.4) is 0 Å². The van der Waals surface area contributed by atoms with Crippen LogP contribution in [0.4, 0.5) is 0 Å². The first kappa shape index (κ1) is 15.1. The van der Waals surface area contributed by atoms with Crippen molar-refractivity contribution in [2.24, 2.45) is 11.7 Å². The van der Waals surface area contributed by atoms with Crippen LogP contribution < -0.4 is 10.5 Å². The highest BCUT2D eigenvalue weighted by atomic mass is 79.9. The predicted octanol–water partition coefficient (Wildman–Crippen LogP) is 2.08. The second kappa shape index (κ2) is 5.79. The maximum Gasteiger partial charge on any atom is 0.250 e. The van der Waals surface area contributed by atoms with Crippen molar-refractivity contribution in [2.45, 2.75) is 31.0 Å². The van der Waals surface area contributed by atoms with E-state index in [9.17, 15) is 8.42 Å². The molecule has 17 heavy (non-hydrogen) atoms. The van der Waals surface area contributed by atoms with Crippen molar-refractivity contribution < 1.29 is 8.42 Å². The first-order chi connectivity index (χ1) is 7.77. The zero-order valence-corrected chi connectivity index (χ0v) is 13.2. The maximum atomic E-state index is 12.1. The summed E-state index contributed by atoms with van der Waals surface area (Å²) in [5.41, 5.74) is 6.48. The summed E-state index contributed by atoms with van der Waals surface area (Å²) in [5, 5.41) is 0. The summed E-state index contributed by atoms with van der Waals surface area (Å²) >= 11 is 4.53. The molecule has 0 aliphatic rings. The molecular formula is C10H17BrN2O2S2. The minimum Gasteiger partial charge on any atom is -0.329 e.